The van der Waals surface area contributed by atoms with Crippen molar-refractivity contribution in [3.05, 3.63) is 64.3 Å². The summed E-state index contributed by atoms with van der Waals surface area (Å²) in [4.78, 5) is 17.1. The van der Waals surface area contributed by atoms with Crippen LogP contribution in [0.2, 0.25) is 10.0 Å². The molecule has 1 amide bonds. The van der Waals surface area contributed by atoms with Gasteiger partial charge in [0.05, 0.1) is 16.3 Å². The molecule has 0 atom stereocenters. The molecule has 25 heavy (non-hydrogen) atoms. The maximum absolute atomic E-state index is 12.5. The fourth-order valence-electron chi connectivity index (χ4n) is 2.67. The Bertz CT molecular complexity index is 949. The normalized spacial score (nSPS) is 12.9. The first-order chi connectivity index (χ1) is 12.1. The molecule has 0 saturated heterocycles. The Morgan fingerprint density at radius 3 is 2.92 bits per heavy atom. The highest BCUT2D eigenvalue weighted by atomic mass is 35.5. The van der Waals surface area contributed by atoms with E-state index in [0.717, 1.165) is 28.7 Å². The van der Waals surface area contributed by atoms with Gasteiger partial charge in [-0.3, -0.25) is 4.79 Å². The molecule has 0 fully saturated rings. The van der Waals surface area contributed by atoms with Gasteiger partial charge in [-0.05, 0) is 30.3 Å². The summed E-state index contributed by atoms with van der Waals surface area (Å²) in [6, 6.07) is 12.4. The Hall–Kier alpha value is -1.95. The summed E-state index contributed by atoms with van der Waals surface area (Å²) in [6.45, 7) is 0.983. The Balaban J connectivity index is 1.59. The lowest BCUT2D eigenvalue weighted by atomic mass is 10.1. The Morgan fingerprint density at radius 1 is 1.20 bits per heavy atom. The standard InChI is InChI=1S/C18H13Cl2N3OS/c19-12-4-5-15(20)14(9-12)17(24)21-13-3-1-2-11(8-13)16-10-23-6-7-25-18(23)22-16/h1-5,8-10H,6-7H2,(H,21,24). The van der Waals surface area contributed by atoms with E-state index in [1.54, 1.807) is 30.0 Å². The quantitative estimate of drug-likeness (QED) is 0.668. The van der Waals surface area contributed by atoms with Gasteiger partial charge >= 0.3 is 0 Å². The van der Waals surface area contributed by atoms with Gasteiger partial charge in [0.2, 0.25) is 0 Å². The number of rotatable bonds is 3. The van der Waals surface area contributed by atoms with E-state index in [-0.39, 0.29) is 5.91 Å². The van der Waals surface area contributed by atoms with Crippen LogP contribution < -0.4 is 5.32 Å². The number of nitrogens with zero attached hydrogens (tertiary/aromatic N) is 2. The zero-order valence-corrected chi connectivity index (χ0v) is 15.3. The number of carbonyl (C=O) groups is 1. The number of hydrogen-bond acceptors (Lipinski definition) is 3. The molecule has 1 N–H and O–H groups in total. The fraction of sp³-hybridized carbons (Fsp3) is 0.111. The molecule has 126 valence electrons. The molecule has 3 aromatic rings. The molecule has 2 heterocycles. The molecule has 0 radical (unpaired) electrons. The Labute approximate surface area is 159 Å². The van der Waals surface area contributed by atoms with E-state index in [2.05, 4.69) is 14.9 Å². The van der Waals surface area contributed by atoms with E-state index in [1.165, 1.54) is 0 Å². The predicted octanol–water partition coefficient (Wildman–Crippen LogP) is 5.21. The van der Waals surface area contributed by atoms with Gasteiger partial charge in [0.1, 0.15) is 0 Å². The number of aromatic nitrogens is 2. The number of benzene rings is 2. The summed E-state index contributed by atoms with van der Waals surface area (Å²) in [6.07, 6.45) is 2.05. The third-order valence-electron chi connectivity index (χ3n) is 3.89. The molecule has 0 bridgehead atoms. The number of amides is 1. The molecule has 7 heteroatoms. The predicted molar refractivity (Wildman–Crippen MR) is 103 cm³/mol. The molecular weight excluding hydrogens is 377 g/mol. The van der Waals surface area contributed by atoms with Crippen molar-refractivity contribution in [2.24, 2.45) is 0 Å². The average Bonchev–Trinajstić information content (AvgIpc) is 3.19. The summed E-state index contributed by atoms with van der Waals surface area (Å²) in [5, 5.41) is 4.73. The summed E-state index contributed by atoms with van der Waals surface area (Å²) >= 11 is 13.8. The van der Waals surface area contributed by atoms with Crippen LogP contribution in [0.25, 0.3) is 11.3 Å². The first kappa shape index (κ1) is 16.5. The molecule has 4 nitrogen and oxygen atoms in total. The number of carbonyl (C=O) groups excluding carboxylic acids is 1. The van der Waals surface area contributed by atoms with Crippen LogP contribution in [0, 0.1) is 0 Å². The van der Waals surface area contributed by atoms with E-state index in [1.807, 2.05) is 30.5 Å². The van der Waals surface area contributed by atoms with Crippen LogP contribution >= 0.6 is 35.0 Å². The maximum Gasteiger partial charge on any atom is 0.257 e. The first-order valence-corrected chi connectivity index (χ1v) is 9.41. The van der Waals surface area contributed by atoms with Crippen LogP contribution in [0.5, 0.6) is 0 Å². The fourth-order valence-corrected chi connectivity index (χ4v) is 3.99. The molecule has 1 aliphatic heterocycles. The lowest BCUT2D eigenvalue weighted by Crippen LogP contribution is -2.12. The van der Waals surface area contributed by atoms with Crippen molar-refractivity contribution in [3.8, 4) is 11.3 Å². The SMILES string of the molecule is O=C(Nc1cccc(-c2cn3c(n2)SCC3)c1)c1cc(Cl)ccc1Cl. The monoisotopic (exact) mass is 389 g/mol. The van der Waals surface area contributed by atoms with Crippen LogP contribution in [0.1, 0.15) is 10.4 Å². The molecule has 0 aliphatic carbocycles. The molecule has 4 rings (SSSR count). The first-order valence-electron chi connectivity index (χ1n) is 7.67. The Kier molecular flexibility index (Phi) is 4.46. The van der Waals surface area contributed by atoms with Gasteiger partial charge in [-0.25, -0.2) is 4.98 Å². The van der Waals surface area contributed by atoms with E-state index < -0.39 is 0 Å². The summed E-state index contributed by atoms with van der Waals surface area (Å²) in [5.74, 6) is 0.770. The van der Waals surface area contributed by atoms with Crippen molar-refractivity contribution < 1.29 is 4.79 Å². The topological polar surface area (TPSA) is 46.9 Å². The van der Waals surface area contributed by atoms with Gasteiger partial charge in [-0.2, -0.15) is 0 Å². The van der Waals surface area contributed by atoms with Gasteiger partial charge in [0, 0.05) is 34.8 Å². The molecule has 1 aliphatic rings. The second kappa shape index (κ2) is 6.75. The highest BCUT2D eigenvalue weighted by molar-refractivity contribution is 7.99. The zero-order valence-electron chi connectivity index (χ0n) is 13.0. The van der Waals surface area contributed by atoms with Crippen molar-refractivity contribution >= 4 is 46.6 Å². The third kappa shape index (κ3) is 3.40. The maximum atomic E-state index is 12.5. The summed E-state index contributed by atoms with van der Waals surface area (Å²) in [5.41, 5.74) is 2.88. The Morgan fingerprint density at radius 2 is 2.08 bits per heavy atom. The second-order valence-corrected chi connectivity index (χ2v) is 7.52. The van der Waals surface area contributed by atoms with Gasteiger partial charge in [-0.1, -0.05) is 47.1 Å². The number of fused-ring (bicyclic) bond motifs is 1. The molecule has 0 saturated carbocycles. The highest BCUT2D eigenvalue weighted by Gasteiger charge is 2.16. The minimum absolute atomic E-state index is 0.299. The van der Waals surface area contributed by atoms with E-state index in [4.69, 9.17) is 23.2 Å². The summed E-state index contributed by atoms with van der Waals surface area (Å²) in [7, 11) is 0. The van der Waals surface area contributed by atoms with E-state index >= 15 is 0 Å². The lowest BCUT2D eigenvalue weighted by Gasteiger charge is -2.08. The minimum atomic E-state index is -0.299. The van der Waals surface area contributed by atoms with Gasteiger partial charge in [-0.15, -0.1) is 0 Å². The number of halogens is 2. The van der Waals surface area contributed by atoms with Crippen LogP contribution in [0.4, 0.5) is 5.69 Å². The highest BCUT2D eigenvalue weighted by Crippen LogP contribution is 2.30. The van der Waals surface area contributed by atoms with Gasteiger partial charge in [0.25, 0.3) is 5.91 Å². The van der Waals surface area contributed by atoms with Crippen molar-refractivity contribution in [3.63, 3.8) is 0 Å². The van der Waals surface area contributed by atoms with Crippen molar-refractivity contribution in [1.82, 2.24) is 9.55 Å². The number of hydrogen-bond donors (Lipinski definition) is 1. The smallest absolute Gasteiger partial charge is 0.257 e. The van der Waals surface area contributed by atoms with Crippen LogP contribution in [-0.4, -0.2) is 21.2 Å². The van der Waals surface area contributed by atoms with Crippen molar-refractivity contribution in [2.45, 2.75) is 11.7 Å². The molecule has 1 aromatic heterocycles. The minimum Gasteiger partial charge on any atom is -0.325 e. The second-order valence-electron chi connectivity index (χ2n) is 5.61. The molecular formula is C18H13Cl2N3OS. The van der Waals surface area contributed by atoms with Crippen molar-refractivity contribution in [2.75, 3.05) is 11.1 Å². The number of aryl methyl sites for hydroxylation is 1. The number of nitrogens with one attached hydrogen (secondary N) is 1. The van der Waals surface area contributed by atoms with Gasteiger partial charge in [0.15, 0.2) is 5.16 Å². The molecule has 2 aromatic carbocycles. The van der Waals surface area contributed by atoms with Crippen LogP contribution in [0.15, 0.2) is 53.8 Å². The average molecular weight is 390 g/mol. The van der Waals surface area contributed by atoms with Crippen LogP contribution in [-0.2, 0) is 6.54 Å². The van der Waals surface area contributed by atoms with E-state index in [0.29, 0.717) is 21.3 Å². The van der Waals surface area contributed by atoms with Gasteiger partial charge < -0.3 is 9.88 Å². The number of anilines is 1. The molecule has 0 unspecified atom stereocenters. The number of thioether (sulfide) groups is 1. The van der Waals surface area contributed by atoms with Crippen LogP contribution in [0.3, 0.4) is 0 Å². The van der Waals surface area contributed by atoms with Crippen molar-refractivity contribution in [1.29, 1.82) is 0 Å². The largest absolute Gasteiger partial charge is 0.325 e. The lowest BCUT2D eigenvalue weighted by molar-refractivity contribution is 0.102. The molecule has 0 spiro atoms. The zero-order chi connectivity index (χ0) is 17.4. The summed E-state index contributed by atoms with van der Waals surface area (Å²) < 4.78 is 2.15. The number of imidazole rings is 1. The third-order valence-corrected chi connectivity index (χ3v) is 5.43. The van der Waals surface area contributed by atoms with E-state index in [9.17, 15) is 4.79 Å².